The van der Waals surface area contributed by atoms with E-state index in [1.165, 1.54) is 29.0 Å². The van der Waals surface area contributed by atoms with Gasteiger partial charge in [0, 0.05) is 51.0 Å². The number of imidazole rings is 1. The van der Waals surface area contributed by atoms with E-state index >= 15 is 0 Å². The van der Waals surface area contributed by atoms with Crippen molar-refractivity contribution >= 4 is 53.1 Å². The lowest BCUT2D eigenvalue weighted by atomic mass is 10.1. The summed E-state index contributed by atoms with van der Waals surface area (Å²) in [4.78, 5) is 54.9. The summed E-state index contributed by atoms with van der Waals surface area (Å²) in [5.41, 5.74) is 1.29. The highest BCUT2D eigenvalue weighted by Gasteiger charge is 2.31. The summed E-state index contributed by atoms with van der Waals surface area (Å²) in [6.07, 6.45) is 2.22. The minimum atomic E-state index is -0.831. The van der Waals surface area contributed by atoms with Crippen molar-refractivity contribution in [3.8, 4) is 23.1 Å². The van der Waals surface area contributed by atoms with Crippen LogP contribution in [0.5, 0.6) is 5.75 Å². The molecule has 0 unspecified atom stereocenters. The quantitative estimate of drug-likeness (QED) is 0.319. The highest BCUT2D eigenvalue weighted by atomic mass is 35.5. The number of amides is 3. The van der Waals surface area contributed by atoms with Crippen molar-refractivity contribution in [2.24, 2.45) is 13.0 Å². The molecule has 3 aromatic rings. The zero-order valence-corrected chi connectivity index (χ0v) is 26.1. The van der Waals surface area contributed by atoms with E-state index in [0.717, 1.165) is 13.0 Å². The van der Waals surface area contributed by atoms with E-state index in [-0.39, 0.29) is 63.6 Å². The van der Waals surface area contributed by atoms with Crippen molar-refractivity contribution in [3.63, 3.8) is 0 Å². The molecule has 2 aromatic carbocycles. The van der Waals surface area contributed by atoms with Gasteiger partial charge in [-0.2, -0.15) is 5.26 Å². The predicted molar refractivity (Wildman–Crippen MR) is 166 cm³/mol. The molecule has 0 bridgehead atoms. The number of hydrogen-bond donors (Lipinski definition) is 3. The number of anilines is 1. The standard InChI is InChI=1S/C29H28Cl2FN7O4.CH2O2/c1-37-22(20-4-5-23(43-13-7-33)25(32)24(20)31)16-35-26(37)27(40)36-18-2-3-19(21(30)14-18)29(42)39-11-9-38(10-12-39)28(41)17-6-8-34-15-17;2-1-3/h2-5,14,16-17,34H,6,8-13,15H2,1H3,(H,36,40);1H,(H,2,3)/t17-;/m1./s1. The van der Waals surface area contributed by atoms with Gasteiger partial charge in [-0.1, -0.05) is 23.2 Å². The summed E-state index contributed by atoms with van der Waals surface area (Å²) in [7, 11) is 1.58. The largest absolute Gasteiger partial charge is 0.483 e. The maximum absolute atomic E-state index is 14.7. The van der Waals surface area contributed by atoms with Crippen molar-refractivity contribution in [2.75, 3.05) is 51.2 Å². The third-order valence-corrected chi connectivity index (χ3v) is 8.23. The lowest BCUT2D eigenvalue weighted by molar-refractivity contribution is -0.136. The van der Waals surface area contributed by atoms with Gasteiger partial charge < -0.3 is 34.8 Å². The van der Waals surface area contributed by atoms with Gasteiger partial charge in [0.05, 0.1) is 33.4 Å². The number of ether oxygens (including phenoxy) is 1. The Kier molecular flexibility index (Phi) is 11.5. The molecule has 16 heteroatoms. The number of benzene rings is 2. The van der Waals surface area contributed by atoms with Gasteiger partial charge in [0.15, 0.2) is 24.0 Å². The maximum Gasteiger partial charge on any atom is 0.291 e. The molecule has 2 fully saturated rings. The predicted octanol–water partition coefficient (Wildman–Crippen LogP) is 3.28. The van der Waals surface area contributed by atoms with Crippen LogP contribution in [-0.4, -0.2) is 94.5 Å². The Balaban J connectivity index is 0.00000154. The van der Waals surface area contributed by atoms with Crippen LogP contribution in [0.3, 0.4) is 0 Å². The van der Waals surface area contributed by atoms with Crippen molar-refractivity contribution in [2.45, 2.75) is 6.42 Å². The van der Waals surface area contributed by atoms with Crippen LogP contribution in [0.15, 0.2) is 36.5 Å². The van der Waals surface area contributed by atoms with Crippen LogP contribution in [0.2, 0.25) is 10.0 Å². The molecule has 2 aliphatic rings. The summed E-state index contributed by atoms with van der Waals surface area (Å²) in [6, 6.07) is 9.22. The van der Waals surface area contributed by atoms with Crippen LogP contribution in [0.1, 0.15) is 27.4 Å². The Morgan fingerprint density at radius 2 is 1.89 bits per heavy atom. The van der Waals surface area contributed by atoms with Gasteiger partial charge >= 0.3 is 0 Å². The van der Waals surface area contributed by atoms with Crippen molar-refractivity contribution in [1.82, 2.24) is 24.7 Å². The molecule has 0 saturated carbocycles. The zero-order valence-electron chi connectivity index (χ0n) is 24.6. The first kappa shape index (κ1) is 34.2. The number of aromatic nitrogens is 2. The molecular formula is C30H30Cl2FN7O6. The Labute approximate surface area is 273 Å². The van der Waals surface area contributed by atoms with Crippen LogP contribution in [-0.2, 0) is 16.6 Å². The molecule has 46 heavy (non-hydrogen) atoms. The zero-order chi connectivity index (χ0) is 33.4. The fraction of sp³-hybridized carbons (Fsp3) is 0.333. The van der Waals surface area contributed by atoms with Crippen LogP contribution in [0.4, 0.5) is 10.1 Å². The molecule has 13 nitrogen and oxygen atoms in total. The van der Waals surface area contributed by atoms with Crippen LogP contribution in [0, 0.1) is 23.1 Å². The number of nitriles is 1. The number of nitrogens with one attached hydrogen (secondary N) is 2. The van der Waals surface area contributed by atoms with E-state index in [1.54, 1.807) is 30.1 Å². The first-order chi connectivity index (χ1) is 22.1. The number of rotatable bonds is 7. The van der Waals surface area contributed by atoms with Crippen LogP contribution in [0.25, 0.3) is 11.3 Å². The average Bonchev–Trinajstić information content (AvgIpc) is 3.72. The van der Waals surface area contributed by atoms with Gasteiger partial charge in [-0.3, -0.25) is 19.2 Å². The Bertz CT molecular complexity index is 1660. The van der Waals surface area contributed by atoms with E-state index in [1.807, 2.05) is 4.90 Å². The highest BCUT2D eigenvalue weighted by molar-refractivity contribution is 6.34. The van der Waals surface area contributed by atoms with Gasteiger partial charge in [0.1, 0.15) is 6.07 Å². The SMILES string of the molecule is Cn1c(-c2ccc(OCC#N)c(F)c2Cl)cnc1C(=O)Nc1ccc(C(=O)N2CCN(C(=O)[C@@H]3CCNC3)CC2)c(Cl)c1.O=CO. The molecule has 1 atom stereocenters. The van der Waals surface area contributed by atoms with Crippen molar-refractivity contribution in [1.29, 1.82) is 5.26 Å². The molecule has 0 radical (unpaired) electrons. The Morgan fingerprint density at radius 3 is 2.52 bits per heavy atom. The molecule has 2 aliphatic heterocycles. The molecule has 2 saturated heterocycles. The third kappa shape index (κ3) is 7.56. The number of carbonyl (C=O) groups excluding carboxylic acids is 3. The molecule has 0 aliphatic carbocycles. The number of nitrogens with zero attached hydrogens (tertiary/aromatic N) is 5. The van der Waals surface area contributed by atoms with Crippen LogP contribution >= 0.6 is 23.2 Å². The third-order valence-electron chi connectivity index (χ3n) is 7.55. The minimum Gasteiger partial charge on any atom is -0.483 e. The normalized spacial score (nSPS) is 15.8. The Hall–Kier alpha value is -4.71. The van der Waals surface area contributed by atoms with Gasteiger partial charge in [-0.05, 0) is 43.3 Å². The molecule has 3 heterocycles. The van der Waals surface area contributed by atoms with Gasteiger partial charge in [-0.25, -0.2) is 9.37 Å². The number of piperazine rings is 1. The molecule has 3 amide bonds. The van der Waals surface area contributed by atoms with Crippen molar-refractivity contribution < 1.29 is 33.4 Å². The van der Waals surface area contributed by atoms with E-state index in [2.05, 4.69) is 15.6 Å². The lowest BCUT2D eigenvalue weighted by Crippen LogP contribution is -2.52. The second kappa shape index (κ2) is 15.5. The number of carboxylic acid groups (broad SMARTS) is 1. The first-order valence-corrected chi connectivity index (χ1v) is 14.8. The average molecular weight is 675 g/mol. The Morgan fingerprint density at radius 1 is 1.20 bits per heavy atom. The number of hydrogen-bond acceptors (Lipinski definition) is 8. The highest BCUT2D eigenvalue weighted by Crippen LogP contribution is 2.35. The number of carbonyl (C=O) groups is 4. The fourth-order valence-electron chi connectivity index (χ4n) is 5.20. The lowest BCUT2D eigenvalue weighted by Gasteiger charge is -2.36. The van der Waals surface area contributed by atoms with Crippen molar-refractivity contribution in [3.05, 3.63) is 63.8 Å². The molecule has 242 valence electrons. The smallest absolute Gasteiger partial charge is 0.291 e. The molecular weight excluding hydrogens is 644 g/mol. The van der Waals surface area contributed by atoms with Gasteiger partial charge in [-0.15, -0.1) is 0 Å². The van der Waals surface area contributed by atoms with E-state index in [4.69, 9.17) is 43.1 Å². The maximum atomic E-state index is 14.7. The van der Waals surface area contributed by atoms with E-state index in [0.29, 0.717) is 44.1 Å². The van der Waals surface area contributed by atoms with Gasteiger partial charge in [0.25, 0.3) is 18.3 Å². The van der Waals surface area contributed by atoms with E-state index < -0.39 is 11.7 Å². The summed E-state index contributed by atoms with van der Waals surface area (Å²) in [5, 5.41) is 21.4. The van der Waals surface area contributed by atoms with Gasteiger partial charge in [0.2, 0.25) is 5.91 Å². The number of halogens is 3. The minimum absolute atomic E-state index is 0.0000287. The first-order valence-electron chi connectivity index (χ1n) is 14.1. The summed E-state index contributed by atoms with van der Waals surface area (Å²) in [6.45, 7) is 2.71. The molecule has 3 N–H and O–H groups in total. The van der Waals surface area contributed by atoms with E-state index in [9.17, 15) is 18.8 Å². The topological polar surface area (TPSA) is 170 Å². The molecule has 0 spiro atoms. The fourth-order valence-corrected chi connectivity index (χ4v) is 5.71. The summed E-state index contributed by atoms with van der Waals surface area (Å²) >= 11 is 12.7. The molecule has 1 aromatic heterocycles. The summed E-state index contributed by atoms with van der Waals surface area (Å²) in [5.74, 6) is -1.66. The monoisotopic (exact) mass is 673 g/mol. The molecule has 5 rings (SSSR count). The second-order valence-corrected chi connectivity index (χ2v) is 11.1. The summed E-state index contributed by atoms with van der Waals surface area (Å²) < 4.78 is 21.2. The second-order valence-electron chi connectivity index (χ2n) is 10.3. The van der Waals surface area contributed by atoms with Crippen LogP contribution < -0.4 is 15.4 Å².